The highest BCUT2D eigenvalue weighted by atomic mass is 35.5. The van der Waals surface area contributed by atoms with Gasteiger partial charge in [-0.1, -0.05) is 11.6 Å². The van der Waals surface area contributed by atoms with Crippen molar-refractivity contribution >= 4 is 40.6 Å². The van der Waals surface area contributed by atoms with E-state index in [0.717, 1.165) is 17.3 Å². The van der Waals surface area contributed by atoms with Crippen LogP contribution in [0.5, 0.6) is 0 Å². The van der Waals surface area contributed by atoms with E-state index in [2.05, 4.69) is 5.32 Å². The van der Waals surface area contributed by atoms with Crippen molar-refractivity contribution in [2.45, 2.75) is 0 Å². The van der Waals surface area contributed by atoms with E-state index in [1.165, 1.54) is 0 Å². The Morgan fingerprint density at radius 3 is 2.50 bits per heavy atom. The van der Waals surface area contributed by atoms with Crippen LogP contribution in [-0.4, -0.2) is 11.1 Å². The maximum absolute atomic E-state index is 11.4. The average molecular weight is 306 g/mol. The average Bonchev–Trinajstić information content (AvgIpc) is 2.98. The van der Waals surface area contributed by atoms with Crippen LogP contribution in [0.1, 0.15) is 5.76 Å². The molecule has 0 aliphatic carbocycles. The number of hydrogen-bond acceptors (Lipinski definition) is 4. The van der Waals surface area contributed by atoms with Crippen molar-refractivity contribution in [3.63, 3.8) is 0 Å². The molecule has 0 unspecified atom stereocenters. The third-order valence-corrected chi connectivity index (χ3v) is 3.73. The Morgan fingerprint density at radius 2 is 1.85 bits per heavy atom. The van der Waals surface area contributed by atoms with E-state index in [0.29, 0.717) is 21.4 Å². The van der Waals surface area contributed by atoms with Gasteiger partial charge in [0.2, 0.25) is 0 Å². The van der Waals surface area contributed by atoms with Crippen molar-refractivity contribution in [2.24, 2.45) is 0 Å². The number of imide groups is 1. The Kier molecular flexibility index (Phi) is 3.38. The summed E-state index contributed by atoms with van der Waals surface area (Å²) in [7, 11) is 0. The maximum atomic E-state index is 11.4. The first kappa shape index (κ1) is 13.0. The molecule has 1 aliphatic rings. The van der Waals surface area contributed by atoms with E-state index >= 15 is 0 Å². The lowest BCUT2D eigenvalue weighted by Gasteiger charge is -1.96. The summed E-state index contributed by atoms with van der Waals surface area (Å²) in [5.41, 5.74) is 0.888. The van der Waals surface area contributed by atoms with Crippen LogP contribution in [0.4, 0.5) is 4.79 Å². The number of thioether (sulfide) groups is 1. The second kappa shape index (κ2) is 5.19. The van der Waals surface area contributed by atoms with E-state index < -0.39 is 5.91 Å². The van der Waals surface area contributed by atoms with E-state index in [4.69, 9.17) is 16.0 Å². The topological polar surface area (TPSA) is 59.3 Å². The molecule has 0 atom stereocenters. The van der Waals surface area contributed by atoms with Gasteiger partial charge in [-0.05, 0) is 48.2 Å². The first-order valence-electron chi connectivity index (χ1n) is 5.72. The molecule has 1 saturated heterocycles. The summed E-state index contributed by atoms with van der Waals surface area (Å²) in [4.78, 5) is 22.8. The number of carbonyl (C=O) groups is 2. The number of nitrogens with one attached hydrogen (secondary N) is 1. The number of furan rings is 1. The van der Waals surface area contributed by atoms with Crippen LogP contribution in [0.2, 0.25) is 5.02 Å². The minimum Gasteiger partial charge on any atom is -0.457 e. The molecule has 100 valence electrons. The van der Waals surface area contributed by atoms with Crippen molar-refractivity contribution in [1.82, 2.24) is 5.32 Å². The summed E-state index contributed by atoms with van der Waals surface area (Å²) >= 11 is 6.69. The third kappa shape index (κ3) is 2.64. The first-order chi connectivity index (χ1) is 9.61. The van der Waals surface area contributed by atoms with Gasteiger partial charge in [0.05, 0.1) is 4.91 Å². The lowest BCUT2D eigenvalue weighted by Crippen LogP contribution is -2.17. The van der Waals surface area contributed by atoms with Crippen LogP contribution >= 0.6 is 23.4 Å². The summed E-state index contributed by atoms with van der Waals surface area (Å²) < 4.78 is 5.63. The summed E-state index contributed by atoms with van der Waals surface area (Å²) in [5.74, 6) is 0.787. The highest BCUT2D eigenvalue weighted by Crippen LogP contribution is 2.28. The zero-order chi connectivity index (χ0) is 14.1. The standard InChI is InChI=1S/C14H8ClNO3S/c15-9-3-1-8(2-4-9)11-6-5-10(19-11)7-12-13(17)16-14(18)20-12/h1-7H,(H,16,17,18)/b12-7+. The molecule has 3 rings (SSSR count). The number of rotatable bonds is 2. The molecule has 2 heterocycles. The SMILES string of the molecule is O=C1NC(=O)/C(=C\c2ccc(-c3ccc(Cl)cc3)o2)S1. The van der Waals surface area contributed by atoms with Crippen LogP contribution in [0.3, 0.4) is 0 Å². The van der Waals surface area contributed by atoms with E-state index in [9.17, 15) is 9.59 Å². The number of halogens is 1. The molecule has 0 radical (unpaired) electrons. The lowest BCUT2D eigenvalue weighted by molar-refractivity contribution is -0.115. The monoisotopic (exact) mass is 305 g/mol. The molecule has 2 aromatic rings. The molecule has 0 spiro atoms. The van der Waals surface area contributed by atoms with E-state index in [1.807, 2.05) is 12.1 Å². The summed E-state index contributed by atoms with van der Waals surface area (Å²) in [5, 5.41) is 2.48. The fourth-order valence-electron chi connectivity index (χ4n) is 1.75. The third-order valence-electron chi connectivity index (χ3n) is 2.67. The Balaban J connectivity index is 1.87. The highest BCUT2D eigenvalue weighted by Gasteiger charge is 2.25. The molecule has 1 fully saturated rings. The van der Waals surface area contributed by atoms with Gasteiger partial charge in [0.25, 0.3) is 11.1 Å². The van der Waals surface area contributed by atoms with Gasteiger partial charge in [-0.25, -0.2) is 0 Å². The van der Waals surface area contributed by atoms with Crippen molar-refractivity contribution in [3.8, 4) is 11.3 Å². The predicted octanol–water partition coefficient (Wildman–Crippen LogP) is 3.92. The molecule has 1 aromatic heterocycles. The van der Waals surface area contributed by atoms with Crippen LogP contribution < -0.4 is 5.32 Å². The molecule has 20 heavy (non-hydrogen) atoms. The summed E-state index contributed by atoms with van der Waals surface area (Å²) in [6.45, 7) is 0. The predicted molar refractivity (Wildman–Crippen MR) is 78.3 cm³/mol. The summed E-state index contributed by atoms with van der Waals surface area (Å²) in [6.07, 6.45) is 1.55. The van der Waals surface area contributed by atoms with Gasteiger partial charge in [0.1, 0.15) is 11.5 Å². The Morgan fingerprint density at radius 1 is 1.10 bits per heavy atom. The number of hydrogen-bond donors (Lipinski definition) is 1. The smallest absolute Gasteiger partial charge is 0.290 e. The normalized spacial score (nSPS) is 16.8. The molecule has 6 heteroatoms. The molecule has 1 N–H and O–H groups in total. The van der Waals surface area contributed by atoms with Crippen molar-refractivity contribution in [2.75, 3.05) is 0 Å². The van der Waals surface area contributed by atoms with Gasteiger partial charge in [0, 0.05) is 16.7 Å². The van der Waals surface area contributed by atoms with Gasteiger partial charge in [0.15, 0.2) is 0 Å². The molecule has 0 saturated carbocycles. The minimum absolute atomic E-state index is 0.326. The summed E-state index contributed by atoms with van der Waals surface area (Å²) in [6, 6.07) is 10.8. The van der Waals surface area contributed by atoms with E-state index in [1.54, 1.807) is 30.3 Å². The first-order valence-corrected chi connectivity index (χ1v) is 6.92. The molecule has 2 amide bonds. The molecule has 4 nitrogen and oxygen atoms in total. The second-order valence-electron chi connectivity index (χ2n) is 4.06. The fourth-order valence-corrected chi connectivity index (χ4v) is 2.54. The molecule has 0 bridgehead atoms. The number of carbonyl (C=O) groups excluding carboxylic acids is 2. The van der Waals surface area contributed by atoms with Crippen LogP contribution in [0.15, 0.2) is 45.7 Å². The Bertz CT molecular complexity index is 718. The second-order valence-corrected chi connectivity index (χ2v) is 5.51. The van der Waals surface area contributed by atoms with Gasteiger partial charge in [-0.15, -0.1) is 0 Å². The number of benzene rings is 1. The molecular weight excluding hydrogens is 298 g/mol. The molecular formula is C14H8ClNO3S. The zero-order valence-electron chi connectivity index (χ0n) is 10.1. The fraction of sp³-hybridized carbons (Fsp3) is 0. The van der Waals surface area contributed by atoms with Crippen molar-refractivity contribution < 1.29 is 14.0 Å². The van der Waals surface area contributed by atoms with E-state index in [-0.39, 0.29) is 5.24 Å². The molecule has 1 aromatic carbocycles. The number of amides is 2. The zero-order valence-corrected chi connectivity index (χ0v) is 11.6. The minimum atomic E-state index is -0.399. The van der Waals surface area contributed by atoms with Gasteiger partial charge >= 0.3 is 0 Å². The van der Waals surface area contributed by atoms with Gasteiger partial charge < -0.3 is 4.42 Å². The van der Waals surface area contributed by atoms with Crippen molar-refractivity contribution in [3.05, 3.63) is 52.1 Å². The maximum Gasteiger partial charge on any atom is 0.290 e. The lowest BCUT2D eigenvalue weighted by atomic mass is 10.2. The Hall–Kier alpha value is -1.98. The highest BCUT2D eigenvalue weighted by molar-refractivity contribution is 8.18. The van der Waals surface area contributed by atoms with Crippen LogP contribution in [0, 0.1) is 0 Å². The van der Waals surface area contributed by atoms with Gasteiger partial charge in [-0.3, -0.25) is 14.9 Å². The molecule has 1 aliphatic heterocycles. The van der Waals surface area contributed by atoms with Crippen LogP contribution in [-0.2, 0) is 4.79 Å². The van der Waals surface area contributed by atoms with Crippen molar-refractivity contribution in [1.29, 1.82) is 0 Å². The largest absolute Gasteiger partial charge is 0.457 e. The quantitative estimate of drug-likeness (QED) is 0.854. The van der Waals surface area contributed by atoms with Crippen LogP contribution in [0.25, 0.3) is 17.4 Å². The van der Waals surface area contributed by atoms with Gasteiger partial charge in [-0.2, -0.15) is 0 Å². The Labute approximate surface area is 123 Å².